The van der Waals surface area contributed by atoms with Gasteiger partial charge in [0.1, 0.15) is 29.2 Å². The van der Waals surface area contributed by atoms with Gasteiger partial charge in [0.2, 0.25) is 0 Å². The second-order valence-corrected chi connectivity index (χ2v) is 13.4. The van der Waals surface area contributed by atoms with E-state index in [0.29, 0.717) is 12.1 Å². The molecule has 3 N–H and O–H groups in total. The maximum absolute atomic E-state index is 10.5. The van der Waals surface area contributed by atoms with Crippen molar-refractivity contribution in [3.05, 3.63) is 80.4 Å². The molecule has 0 unspecified atom stereocenters. The molecule has 0 spiro atoms. The molecule has 6 rings (SSSR count). The van der Waals surface area contributed by atoms with E-state index in [1.54, 1.807) is 12.3 Å². The number of hydrogen-bond donors (Lipinski definition) is 2. The highest BCUT2D eigenvalue weighted by atomic mass is 35.5. The first-order valence-electron chi connectivity index (χ1n) is 16.5. The van der Waals surface area contributed by atoms with E-state index in [0.717, 1.165) is 62.2 Å². The molecule has 16 nitrogen and oxygen atoms in total. The zero-order chi connectivity index (χ0) is 36.8. The Labute approximate surface area is 339 Å². The Morgan fingerprint density at radius 1 is 0.698 bits per heavy atom. The highest BCUT2D eigenvalue weighted by Crippen LogP contribution is 2.22. The molecule has 0 aliphatic carbocycles. The van der Waals surface area contributed by atoms with Gasteiger partial charge in [-0.25, -0.2) is 15.0 Å². The minimum Gasteiger partial charge on any atom is -0.397 e. The first-order valence-corrected chi connectivity index (χ1v) is 16.9. The number of nitrogen functional groups attached to an aromatic ring is 1. The van der Waals surface area contributed by atoms with Crippen molar-refractivity contribution in [3.63, 3.8) is 0 Å². The molecule has 0 bridgehead atoms. The molecule has 6 heterocycles. The quantitative estimate of drug-likeness (QED) is 0.200. The van der Waals surface area contributed by atoms with Crippen molar-refractivity contribution in [2.24, 2.45) is 0 Å². The third kappa shape index (κ3) is 16.8. The van der Waals surface area contributed by atoms with Crippen molar-refractivity contribution in [2.75, 3.05) is 97.1 Å². The Hall–Kier alpha value is -3.17. The lowest BCUT2D eigenvalue weighted by Crippen LogP contribution is -2.31. The summed E-state index contributed by atoms with van der Waals surface area (Å²) in [5.74, 6) is 1.86. The van der Waals surface area contributed by atoms with E-state index in [9.17, 15) is 20.2 Å². The summed E-state index contributed by atoms with van der Waals surface area (Å²) >= 11 is 5.38. The van der Waals surface area contributed by atoms with E-state index in [1.807, 2.05) is 12.1 Å². The smallest absolute Gasteiger partial charge is 0.287 e. The highest BCUT2D eigenvalue weighted by Gasteiger charge is 2.26. The van der Waals surface area contributed by atoms with Gasteiger partial charge < -0.3 is 35.6 Å². The zero-order valence-corrected chi connectivity index (χ0v) is 35.1. The average Bonchev–Trinajstić information content (AvgIpc) is 3.89. The lowest BCUT2D eigenvalue weighted by molar-refractivity contribution is -0.385. The Morgan fingerprint density at radius 3 is 1.45 bits per heavy atom. The molecule has 3 saturated heterocycles. The van der Waals surface area contributed by atoms with Gasteiger partial charge in [0, 0.05) is 63.0 Å². The van der Waals surface area contributed by atoms with Gasteiger partial charge in [-0.1, -0.05) is 11.6 Å². The molecule has 3 aromatic heterocycles. The van der Waals surface area contributed by atoms with Gasteiger partial charge in [0.15, 0.2) is 0 Å². The number of halogens is 1. The predicted molar refractivity (Wildman–Crippen MR) is 230 cm³/mol. The summed E-state index contributed by atoms with van der Waals surface area (Å²) in [6, 6.07) is 11.8. The van der Waals surface area contributed by atoms with Crippen LogP contribution in [0.4, 0.5) is 28.7 Å². The Balaban J connectivity index is 0.000000692. The number of anilines is 3. The molecular weight excluding hydrogens is 760 g/mol. The van der Waals surface area contributed by atoms with Crippen LogP contribution in [0.25, 0.3) is 0 Å². The SMILES string of the molecule is CN(C)[C@H]1CCN(c2ccc(N)cn2)C1.CN(C)[C@H]1CCN(c2ccc([N+](=O)[O-])cn2)C1.CN(C)[C@H]1CCNC1.O=[N+]([O-])c1ccc(Cl)nc1.S.S.S. The van der Waals surface area contributed by atoms with Crippen molar-refractivity contribution >= 4 is 80.8 Å². The topological polar surface area (TPSA) is 179 Å². The number of aromatic nitrogens is 3. The van der Waals surface area contributed by atoms with Gasteiger partial charge >= 0.3 is 0 Å². The maximum atomic E-state index is 10.5. The minimum absolute atomic E-state index is 0. The molecule has 0 saturated carbocycles. The van der Waals surface area contributed by atoms with E-state index in [-0.39, 0.29) is 57.0 Å². The van der Waals surface area contributed by atoms with Crippen LogP contribution in [0.15, 0.2) is 55.0 Å². The molecule has 0 radical (unpaired) electrons. The summed E-state index contributed by atoms with van der Waals surface area (Å²) in [5, 5.41) is 24.1. The Kier molecular flexibility index (Phi) is 23.5. The fourth-order valence-electron chi connectivity index (χ4n) is 5.56. The monoisotopic (exact) mass is 816 g/mol. The summed E-state index contributed by atoms with van der Waals surface area (Å²) in [6.07, 6.45) is 7.77. The largest absolute Gasteiger partial charge is 0.397 e. The molecule has 53 heavy (non-hydrogen) atoms. The van der Waals surface area contributed by atoms with Crippen LogP contribution >= 0.6 is 52.1 Å². The van der Waals surface area contributed by atoms with E-state index in [1.165, 1.54) is 50.3 Å². The van der Waals surface area contributed by atoms with Crippen LogP contribution in [-0.4, -0.2) is 139 Å². The Morgan fingerprint density at radius 2 is 1.15 bits per heavy atom. The fourth-order valence-corrected chi connectivity index (χ4v) is 5.67. The van der Waals surface area contributed by atoms with Gasteiger partial charge in [-0.3, -0.25) is 20.2 Å². The third-order valence-corrected chi connectivity index (χ3v) is 9.06. The van der Waals surface area contributed by atoms with Crippen LogP contribution in [0.2, 0.25) is 5.15 Å². The number of pyridine rings is 3. The highest BCUT2D eigenvalue weighted by molar-refractivity contribution is 7.59. The van der Waals surface area contributed by atoms with E-state index >= 15 is 0 Å². The maximum Gasteiger partial charge on any atom is 0.287 e. The molecule has 3 aromatic rings. The minimum atomic E-state index is -0.524. The van der Waals surface area contributed by atoms with Gasteiger partial charge in [-0.2, -0.15) is 40.5 Å². The molecule has 20 heteroatoms. The second-order valence-electron chi connectivity index (χ2n) is 13.0. The van der Waals surface area contributed by atoms with Gasteiger partial charge in [-0.05, 0) is 92.4 Å². The zero-order valence-electron chi connectivity index (χ0n) is 31.4. The van der Waals surface area contributed by atoms with Crippen LogP contribution < -0.4 is 20.9 Å². The van der Waals surface area contributed by atoms with Crippen molar-refractivity contribution in [3.8, 4) is 0 Å². The first-order chi connectivity index (χ1) is 23.7. The lowest BCUT2D eigenvalue weighted by Gasteiger charge is -2.20. The molecule has 0 aromatic carbocycles. The summed E-state index contributed by atoms with van der Waals surface area (Å²) in [5.41, 5.74) is 6.32. The first kappa shape index (κ1) is 49.8. The van der Waals surface area contributed by atoms with E-state index in [4.69, 9.17) is 17.3 Å². The van der Waals surface area contributed by atoms with Crippen molar-refractivity contribution in [1.82, 2.24) is 35.0 Å². The molecule has 3 atom stereocenters. The fraction of sp³-hybridized carbons (Fsp3) is 0.545. The van der Waals surface area contributed by atoms with Crippen molar-refractivity contribution in [2.45, 2.75) is 37.4 Å². The normalized spacial score (nSPS) is 18.6. The third-order valence-electron chi connectivity index (χ3n) is 8.84. The molecule has 3 aliphatic rings. The van der Waals surface area contributed by atoms with Crippen molar-refractivity contribution in [1.29, 1.82) is 0 Å². The van der Waals surface area contributed by atoms with Gasteiger partial charge in [-0.15, -0.1) is 0 Å². The van der Waals surface area contributed by atoms with Crippen molar-refractivity contribution < 1.29 is 9.85 Å². The number of nitrogens with zero attached hydrogens (tertiary/aromatic N) is 10. The molecule has 0 amide bonds. The summed E-state index contributed by atoms with van der Waals surface area (Å²) < 4.78 is 0. The number of nitro groups is 2. The summed E-state index contributed by atoms with van der Waals surface area (Å²) in [4.78, 5) is 42.8. The second kappa shape index (κ2) is 25.0. The van der Waals surface area contributed by atoms with Gasteiger partial charge in [0.25, 0.3) is 11.4 Å². The predicted octanol–water partition coefficient (Wildman–Crippen LogP) is 3.83. The van der Waals surface area contributed by atoms with E-state index < -0.39 is 9.85 Å². The van der Waals surface area contributed by atoms with Gasteiger partial charge in [0.05, 0.1) is 21.7 Å². The number of rotatable bonds is 7. The summed E-state index contributed by atoms with van der Waals surface area (Å²) in [6.45, 7) is 6.39. The standard InChI is InChI=1S/C11H16N4O2.C11H18N4.C6H14N2.C5H3ClN2O2.3H2S/c1-13(2)10-5-6-14(8-10)11-4-3-9(7-12-11)15(16)17;1-14(2)10-5-6-15(8-10)11-4-3-9(12)7-13-11;1-8(2)6-3-4-7-5-6;6-5-2-1-4(3-7-5)8(9)10;;;/h3-4,7,10H,5-6,8H2,1-2H3;3-4,7,10H,5-6,8,12H2,1-2H3;6-7H,3-5H2,1-2H3;1-3H;3*1H2/t2*10-;6-;;;;/m000..../s1. The number of nitrogens with one attached hydrogen (secondary N) is 1. The summed E-state index contributed by atoms with van der Waals surface area (Å²) in [7, 11) is 12.7. The van der Waals surface area contributed by atoms with E-state index in [2.05, 4.69) is 87.1 Å². The van der Waals surface area contributed by atoms with Crippen LogP contribution in [0.1, 0.15) is 19.3 Å². The van der Waals surface area contributed by atoms with Crippen LogP contribution in [0, 0.1) is 20.2 Å². The molecular formula is C33H57ClN12O4S3. The number of nitrogens with two attached hydrogens (primary N) is 1. The molecule has 3 aliphatic heterocycles. The van der Waals surface area contributed by atoms with Crippen LogP contribution in [-0.2, 0) is 0 Å². The van der Waals surface area contributed by atoms with Crippen LogP contribution in [0.3, 0.4) is 0 Å². The lowest BCUT2D eigenvalue weighted by atomic mass is 10.2. The Bertz CT molecular complexity index is 1470. The molecule has 298 valence electrons. The molecule has 3 fully saturated rings. The van der Waals surface area contributed by atoms with Crippen LogP contribution in [0.5, 0.6) is 0 Å². The number of hydrogen-bond acceptors (Lipinski definition) is 14. The average molecular weight is 818 g/mol. The number of likely N-dealkylation sites (N-methyl/N-ethyl adjacent to an activating group) is 3.